The van der Waals surface area contributed by atoms with Crippen LogP contribution in [0.1, 0.15) is 5.69 Å². The fourth-order valence-corrected chi connectivity index (χ4v) is 3.14. The molecule has 6 nitrogen and oxygen atoms in total. The summed E-state index contributed by atoms with van der Waals surface area (Å²) in [5.74, 6) is 0.573. The van der Waals surface area contributed by atoms with E-state index in [2.05, 4.69) is 15.1 Å². The third-order valence-corrected chi connectivity index (χ3v) is 4.27. The number of aromatic nitrogens is 5. The van der Waals surface area contributed by atoms with Crippen LogP contribution in [-0.4, -0.2) is 31.4 Å². The van der Waals surface area contributed by atoms with Crippen molar-refractivity contribution in [2.75, 3.05) is 7.11 Å². The summed E-state index contributed by atoms with van der Waals surface area (Å²) in [6.07, 6.45) is -0.450. The van der Waals surface area contributed by atoms with Gasteiger partial charge in [0.1, 0.15) is 18.4 Å². The van der Waals surface area contributed by atoms with E-state index in [9.17, 15) is 13.2 Å². The van der Waals surface area contributed by atoms with Crippen LogP contribution in [0.25, 0.3) is 21.8 Å². The lowest BCUT2D eigenvalue weighted by Gasteiger charge is -2.12. The molecule has 0 aliphatic rings. The molecular weight excluding hydrogens is 347 g/mol. The maximum atomic E-state index is 13.6. The van der Waals surface area contributed by atoms with Crippen molar-refractivity contribution in [2.24, 2.45) is 0 Å². The smallest absolute Gasteiger partial charge is 0.435 e. The highest BCUT2D eigenvalue weighted by atomic mass is 19.4. The summed E-state index contributed by atoms with van der Waals surface area (Å²) >= 11 is 0. The molecule has 4 rings (SSSR count). The minimum Gasteiger partial charge on any atom is -0.497 e. The van der Waals surface area contributed by atoms with Crippen LogP contribution >= 0.6 is 0 Å². The van der Waals surface area contributed by atoms with Gasteiger partial charge in [-0.2, -0.15) is 18.3 Å². The van der Waals surface area contributed by atoms with Crippen LogP contribution in [0.2, 0.25) is 0 Å². The lowest BCUT2D eigenvalue weighted by molar-refractivity contribution is -0.140. The van der Waals surface area contributed by atoms with Gasteiger partial charge in [-0.25, -0.2) is 9.97 Å². The molecule has 0 saturated heterocycles. The number of ether oxygens (including phenoxy) is 1. The molecule has 0 saturated carbocycles. The van der Waals surface area contributed by atoms with E-state index >= 15 is 0 Å². The van der Waals surface area contributed by atoms with E-state index in [4.69, 9.17) is 4.74 Å². The number of hydrogen-bond acceptors (Lipinski definition) is 4. The summed E-state index contributed by atoms with van der Waals surface area (Å²) in [5.41, 5.74) is -0.190. The second-order valence-corrected chi connectivity index (χ2v) is 5.75. The number of rotatable bonds is 4. The minimum absolute atomic E-state index is 0.0587. The number of hydrogen-bond donors (Lipinski definition) is 0. The van der Waals surface area contributed by atoms with Crippen molar-refractivity contribution in [3.63, 3.8) is 0 Å². The number of pyridine rings is 1. The summed E-state index contributed by atoms with van der Waals surface area (Å²) in [7, 11) is 1.52. The van der Waals surface area contributed by atoms with Gasteiger partial charge in [0.15, 0.2) is 5.69 Å². The first-order valence-electron chi connectivity index (χ1n) is 7.83. The molecule has 134 valence electrons. The quantitative estimate of drug-likeness (QED) is 0.558. The Morgan fingerprint density at radius 2 is 1.96 bits per heavy atom. The van der Waals surface area contributed by atoms with Crippen LogP contribution in [0.15, 0.2) is 43.1 Å². The van der Waals surface area contributed by atoms with Gasteiger partial charge < -0.3 is 9.30 Å². The molecule has 0 radical (unpaired) electrons. The van der Waals surface area contributed by atoms with Gasteiger partial charge in [0, 0.05) is 29.6 Å². The van der Waals surface area contributed by atoms with Gasteiger partial charge in [-0.05, 0) is 18.2 Å². The Morgan fingerprint density at radius 3 is 2.65 bits per heavy atom. The minimum atomic E-state index is -4.55. The number of halogens is 3. The number of methoxy groups -OCH3 is 1. The van der Waals surface area contributed by atoms with E-state index in [1.165, 1.54) is 26.0 Å². The lowest BCUT2D eigenvalue weighted by atomic mass is 10.1. The molecule has 0 aliphatic heterocycles. The summed E-state index contributed by atoms with van der Waals surface area (Å²) in [6.45, 7) is 0.660. The number of benzene rings is 1. The first-order chi connectivity index (χ1) is 12.5. The van der Waals surface area contributed by atoms with Gasteiger partial charge in [0.2, 0.25) is 0 Å². The lowest BCUT2D eigenvalue weighted by Crippen LogP contribution is -2.13. The van der Waals surface area contributed by atoms with Gasteiger partial charge in [-0.15, -0.1) is 0 Å². The molecule has 0 N–H and O–H groups in total. The Bertz CT molecular complexity index is 1070. The fourth-order valence-electron chi connectivity index (χ4n) is 3.14. The highest BCUT2D eigenvalue weighted by Gasteiger charge is 2.36. The van der Waals surface area contributed by atoms with E-state index in [0.717, 1.165) is 0 Å². The number of aryl methyl sites for hydroxylation is 2. The standard InChI is InChI=1S/C17H14F3N5O/c1-26-11-2-3-12-13-4-5-22-16(17(18,19)20)15(13)25(14(12)8-11)7-6-24-10-21-9-23-24/h2-5,8-10H,6-7H2,1H3. The summed E-state index contributed by atoms with van der Waals surface area (Å²) in [6, 6.07) is 6.84. The molecule has 0 unspecified atom stereocenters. The summed E-state index contributed by atoms with van der Waals surface area (Å²) in [4.78, 5) is 7.47. The third-order valence-electron chi connectivity index (χ3n) is 4.27. The van der Waals surface area contributed by atoms with Crippen LogP contribution in [0, 0.1) is 0 Å². The van der Waals surface area contributed by atoms with Gasteiger partial charge in [-0.1, -0.05) is 0 Å². The van der Waals surface area contributed by atoms with Gasteiger partial charge in [0.25, 0.3) is 0 Å². The summed E-state index contributed by atoms with van der Waals surface area (Å²) in [5, 5.41) is 5.23. The predicted molar refractivity (Wildman–Crippen MR) is 88.8 cm³/mol. The molecule has 0 atom stereocenters. The predicted octanol–water partition coefficient (Wildman–Crippen LogP) is 3.51. The number of nitrogens with zero attached hydrogens (tertiary/aromatic N) is 5. The first-order valence-corrected chi connectivity index (χ1v) is 7.83. The van der Waals surface area contributed by atoms with Crippen LogP contribution < -0.4 is 4.74 Å². The third kappa shape index (κ3) is 2.65. The molecule has 4 aromatic rings. The Balaban J connectivity index is 1.99. The van der Waals surface area contributed by atoms with Gasteiger partial charge in [-0.3, -0.25) is 4.68 Å². The van der Waals surface area contributed by atoms with Crippen LogP contribution in [-0.2, 0) is 19.3 Å². The van der Waals surface area contributed by atoms with Gasteiger partial charge >= 0.3 is 6.18 Å². The molecule has 0 fully saturated rings. The molecule has 0 aliphatic carbocycles. The largest absolute Gasteiger partial charge is 0.497 e. The van der Waals surface area contributed by atoms with Gasteiger partial charge in [0.05, 0.1) is 24.7 Å². The Kier molecular flexibility index (Phi) is 3.78. The highest BCUT2D eigenvalue weighted by molar-refractivity contribution is 6.09. The first kappa shape index (κ1) is 16.4. The topological polar surface area (TPSA) is 57.8 Å². The van der Waals surface area contributed by atoms with Crippen LogP contribution in [0.3, 0.4) is 0 Å². The van der Waals surface area contributed by atoms with Crippen molar-refractivity contribution in [3.8, 4) is 5.75 Å². The zero-order valence-corrected chi connectivity index (χ0v) is 13.7. The molecule has 0 amide bonds. The Morgan fingerprint density at radius 1 is 1.12 bits per heavy atom. The fraction of sp³-hybridized carbons (Fsp3) is 0.235. The van der Waals surface area contributed by atoms with Crippen molar-refractivity contribution in [1.82, 2.24) is 24.3 Å². The molecule has 0 bridgehead atoms. The van der Waals surface area contributed by atoms with Crippen molar-refractivity contribution < 1.29 is 17.9 Å². The molecule has 3 aromatic heterocycles. The monoisotopic (exact) mass is 361 g/mol. The van der Waals surface area contributed by atoms with E-state index in [0.29, 0.717) is 28.6 Å². The second-order valence-electron chi connectivity index (χ2n) is 5.75. The normalized spacial score (nSPS) is 12.2. The molecule has 0 spiro atoms. The molecule has 1 aromatic carbocycles. The Labute approximate surface area is 145 Å². The summed E-state index contributed by atoms with van der Waals surface area (Å²) < 4.78 is 49.1. The maximum absolute atomic E-state index is 13.6. The zero-order chi connectivity index (χ0) is 18.3. The van der Waals surface area contributed by atoms with Crippen molar-refractivity contribution in [1.29, 1.82) is 0 Å². The van der Waals surface area contributed by atoms with Crippen LogP contribution in [0.4, 0.5) is 13.2 Å². The van der Waals surface area contributed by atoms with Crippen molar-refractivity contribution in [3.05, 3.63) is 48.8 Å². The second kappa shape index (κ2) is 6.01. The van der Waals surface area contributed by atoms with E-state index in [1.807, 2.05) is 0 Å². The van der Waals surface area contributed by atoms with E-state index in [-0.39, 0.29) is 12.1 Å². The van der Waals surface area contributed by atoms with Crippen molar-refractivity contribution in [2.45, 2.75) is 19.3 Å². The number of fused-ring (bicyclic) bond motifs is 3. The Hall–Kier alpha value is -3.10. The highest BCUT2D eigenvalue weighted by Crippen LogP contribution is 2.38. The van der Waals surface area contributed by atoms with E-state index < -0.39 is 11.9 Å². The van der Waals surface area contributed by atoms with Crippen LogP contribution in [0.5, 0.6) is 5.75 Å². The molecule has 9 heteroatoms. The average molecular weight is 361 g/mol. The average Bonchev–Trinajstić information content (AvgIpc) is 3.24. The molecule has 3 heterocycles. The molecular formula is C17H14F3N5O. The molecule has 26 heavy (non-hydrogen) atoms. The maximum Gasteiger partial charge on any atom is 0.435 e. The van der Waals surface area contributed by atoms with Crippen molar-refractivity contribution >= 4 is 21.8 Å². The SMILES string of the molecule is COc1ccc2c3ccnc(C(F)(F)F)c3n(CCn3cncn3)c2c1. The van der Waals surface area contributed by atoms with E-state index in [1.54, 1.807) is 33.5 Å². The zero-order valence-electron chi connectivity index (χ0n) is 13.7. The number of alkyl halides is 3.